The van der Waals surface area contributed by atoms with Crippen molar-refractivity contribution < 1.29 is 23.9 Å². The Labute approximate surface area is 171 Å². The minimum absolute atomic E-state index is 0.0827. The average molecular weight is 416 g/mol. The first kappa shape index (κ1) is 20.2. The molecular weight excluding hydrogens is 398 g/mol. The average Bonchev–Trinajstić information content (AvgIpc) is 2.99. The third-order valence-electron chi connectivity index (χ3n) is 3.97. The van der Waals surface area contributed by atoms with Gasteiger partial charge in [-0.15, -0.1) is 0 Å². The Balaban J connectivity index is 1.71. The molecule has 1 aliphatic rings. The van der Waals surface area contributed by atoms with Gasteiger partial charge in [0.15, 0.2) is 18.1 Å². The molecule has 2 aromatic rings. The van der Waals surface area contributed by atoms with Crippen LogP contribution in [0, 0.1) is 6.92 Å². The van der Waals surface area contributed by atoms with Crippen molar-refractivity contribution >= 4 is 41.2 Å². The van der Waals surface area contributed by atoms with Gasteiger partial charge in [0, 0.05) is 5.69 Å². The van der Waals surface area contributed by atoms with Gasteiger partial charge in [0.25, 0.3) is 11.8 Å². The molecular formula is C20H18ClN3O5. The normalized spacial score (nSPS) is 14.4. The van der Waals surface area contributed by atoms with Crippen molar-refractivity contribution in [3.05, 3.63) is 58.2 Å². The highest BCUT2D eigenvalue weighted by Crippen LogP contribution is 2.37. The van der Waals surface area contributed by atoms with Crippen LogP contribution in [0.15, 0.2) is 42.1 Å². The fraction of sp³-hybridized carbons (Fsp3) is 0.150. The quantitative estimate of drug-likeness (QED) is 0.497. The highest BCUT2D eigenvalue weighted by molar-refractivity contribution is 6.32. The number of rotatable bonds is 6. The fourth-order valence-electron chi connectivity index (χ4n) is 2.58. The lowest BCUT2D eigenvalue weighted by Crippen LogP contribution is -2.22. The van der Waals surface area contributed by atoms with Crippen LogP contribution in [0.2, 0.25) is 5.02 Å². The zero-order valence-corrected chi connectivity index (χ0v) is 16.4. The van der Waals surface area contributed by atoms with Crippen molar-refractivity contribution in [2.24, 2.45) is 0 Å². The molecule has 0 aliphatic carbocycles. The molecule has 29 heavy (non-hydrogen) atoms. The van der Waals surface area contributed by atoms with Crippen LogP contribution in [0.3, 0.4) is 0 Å². The molecule has 1 saturated heterocycles. The Bertz CT molecular complexity index is 1000. The van der Waals surface area contributed by atoms with Crippen LogP contribution < -0.4 is 25.4 Å². The van der Waals surface area contributed by atoms with Gasteiger partial charge in [-0.2, -0.15) is 0 Å². The van der Waals surface area contributed by atoms with Gasteiger partial charge in [0.1, 0.15) is 5.70 Å². The summed E-state index contributed by atoms with van der Waals surface area (Å²) in [4.78, 5) is 35.0. The number of benzene rings is 2. The molecule has 1 fully saturated rings. The van der Waals surface area contributed by atoms with Crippen LogP contribution in [-0.4, -0.2) is 31.6 Å². The van der Waals surface area contributed by atoms with Crippen LogP contribution >= 0.6 is 11.6 Å². The Kier molecular flexibility index (Phi) is 6.04. The maximum absolute atomic E-state index is 12.1. The van der Waals surface area contributed by atoms with Crippen molar-refractivity contribution in [2.45, 2.75) is 6.92 Å². The number of hydrogen-bond acceptors (Lipinski definition) is 5. The van der Waals surface area contributed by atoms with E-state index in [4.69, 9.17) is 21.1 Å². The number of halogens is 1. The van der Waals surface area contributed by atoms with Crippen LogP contribution in [-0.2, 0) is 9.59 Å². The topological polar surface area (TPSA) is 106 Å². The summed E-state index contributed by atoms with van der Waals surface area (Å²) in [5.41, 5.74) is 2.33. The van der Waals surface area contributed by atoms with Crippen LogP contribution in [0.5, 0.6) is 11.5 Å². The van der Waals surface area contributed by atoms with Gasteiger partial charge in [-0.05, 0) is 42.8 Å². The number of urea groups is 1. The Hall–Kier alpha value is -3.52. The Morgan fingerprint density at radius 1 is 1.17 bits per heavy atom. The molecule has 0 atom stereocenters. The summed E-state index contributed by atoms with van der Waals surface area (Å²) in [7, 11) is 1.42. The molecule has 3 rings (SSSR count). The smallest absolute Gasteiger partial charge is 0.326 e. The van der Waals surface area contributed by atoms with E-state index >= 15 is 0 Å². The van der Waals surface area contributed by atoms with E-state index in [0.717, 1.165) is 5.56 Å². The second-order valence-corrected chi connectivity index (χ2v) is 6.61. The van der Waals surface area contributed by atoms with Crippen LogP contribution in [0.4, 0.5) is 10.5 Å². The summed E-state index contributed by atoms with van der Waals surface area (Å²) < 4.78 is 10.8. The first-order valence-corrected chi connectivity index (χ1v) is 8.94. The van der Waals surface area contributed by atoms with Crippen molar-refractivity contribution in [3.8, 4) is 11.5 Å². The Morgan fingerprint density at radius 3 is 2.52 bits per heavy atom. The number of methoxy groups -OCH3 is 1. The first-order chi connectivity index (χ1) is 13.9. The highest BCUT2D eigenvalue weighted by Gasteiger charge is 2.23. The molecule has 0 saturated carbocycles. The number of imide groups is 1. The molecule has 0 radical (unpaired) electrons. The third-order valence-corrected chi connectivity index (χ3v) is 4.25. The standard InChI is InChI=1S/C20H18ClN3O5/c1-11-3-5-13(6-4-11)22-17(25)10-29-18-14(21)7-12(9-16(18)28-2)8-15-19(26)24-20(27)23-15/h3-9H,10H2,1-2H3,(H,22,25)(H2,23,24,26,27)/b15-8+. The lowest BCUT2D eigenvalue weighted by Gasteiger charge is -2.13. The zero-order chi connectivity index (χ0) is 21.0. The molecule has 1 heterocycles. The van der Waals surface area contributed by atoms with Gasteiger partial charge < -0.3 is 20.1 Å². The first-order valence-electron chi connectivity index (χ1n) is 8.56. The van der Waals surface area contributed by atoms with E-state index in [1.165, 1.54) is 19.3 Å². The molecule has 8 nitrogen and oxygen atoms in total. The Morgan fingerprint density at radius 2 is 1.90 bits per heavy atom. The molecule has 9 heteroatoms. The second kappa shape index (κ2) is 8.66. The number of hydrogen-bond donors (Lipinski definition) is 3. The maximum atomic E-state index is 12.1. The van der Waals surface area contributed by atoms with Crippen molar-refractivity contribution in [1.29, 1.82) is 0 Å². The van der Waals surface area contributed by atoms with Crippen molar-refractivity contribution in [2.75, 3.05) is 19.0 Å². The van der Waals surface area contributed by atoms with E-state index in [9.17, 15) is 14.4 Å². The fourth-order valence-corrected chi connectivity index (χ4v) is 2.86. The van der Waals surface area contributed by atoms with Gasteiger partial charge in [0.2, 0.25) is 0 Å². The van der Waals surface area contributed by atoms with E-state index in [1.54, 1.807) is 18.2 Å². The van der Waals surface area contributed by atoms with Crippen molar-refractivity contribution in [1.82, 2.24) is 10.6 Å². The van der Waals surface area contributed by atoms with E-state index in [1.807, 2.05) is 19.1 Å². The monoisotopic (exact) mass is 415 g/mol. The summed E-state index contributed by atoms with van der Waals surface area (Å²) in [6, 6.07) is 9.86. The third kappa shape index (κ3) is 5.05. The second-order valence-electron chi connectivity index (χ2n) is 6.20. The number of carbonyl (C=O) groups excluding carboxylic acids is 3. The summed E-state index contributed by atoms with van der Waals surface area (Å²) in [5, 5.41) is 7.40. The predicted molar refractivity (Wildman–Crippen MR) is 108 cm³/mol. The lowest BCUT2D eigenvalue weighted by atomic mass is 10.1. The molecule has 0 spiro atoms. The minimum Gasteiger partial charge on any atom is -0.493 e. The highest BCUT2D eigenvalue weighted by atomic mass is 35.5. The molecule has 0 bridgehead atoms. The SMILES string of the molecule is COc1cc(/C=C2/NC(=O)NC2=O)cc(Cl)c1OCC(=O)Nc1ccc(C)cc1. The predicted octanol–water partition coefficient (Wildman–Crippen LogP) is 2.85. The summed E-state index contributed by atoms with van der Waals surface area (Å²) in [6.45, 7) is 1.68. The summed E-state index contributed by atoms with van der Waals surface area (Å²) in [5.74, 6) is -0.436. The number of nitrogens with one attached hydrogen (secondary N) is 3. The van der Waals surface area contributed by atoms with E-state index in [0.29, 0.717) is 11.3 Å². The molecule has 0 aromatic heterocycles. The largest absolute Gasteiger partial charge is 0.493 e. The van der Waals surface area contributed by atoms with Crippen molar-refractivity contribution in [3.63, 3.8) is 0 Å². The molecule has 4 amide bonds. The molecule has 150 valence electrons. The molecule has 1 aliphatic heterocycles. The van der Waals surface area contributed by atoms with E-state index in [2.05, 4.69) is 16.0 Å². The number of carbonyl (C=O) groups is 3. The molecule has 3 N–H and O–H groups in total. The number of aryl methyl sites for hydroxylation is 1. The van der Waals surface area contributed by atoms with Gasteiger partial charge >= 0.3 is 6.03 Å². The lowest BCUT2D eigenvalue weighted by molar-refractivity contribution is -0.118. The van der Waals surface area contributed by atoms with Gasteiger partial charge in [-0.1, -0.05) is 29.3 Å². The van der Waals surface area contributed by atoms with Crippen LogP contribution in [0.1, 0.15) is 11.1 Å². The number of amides is 4. The number of anilines is 1. The molecule has 0 unspecified atom stereocenters. The van der Waals surface area contributed by atoms with Gasteiger partial charge in [-0.25, -0.2) is 4.79 Å². The maximum Gasteiger partial charge on any atom is 0.326 e. The summed E-state index contributed by atoms with van der Waals surface area (Å²) >= 11 is 6.27. The molecule has 2 aromatic carbocycles. The van der Waals surface area contributed by atoms with Crippen LogP contribution in [0.25, 0.3) is 6.08 Å². The number of ether oxygens (including phenoxy) is 2. The summed E-state index contributed by atoms with van der Waals surface area (Å²) in [6.07, 6.45) is 1.45. The van der Waals surface area contributed by atoms with Gasteiger partial charge in [-0.3, -0.25) is 14.9 Å². The van der Waals surface area contributed by atoms with Gasteiger partial charge in [0.05, 0.1) is 12.1 Å². The minimum atomic E-state index is -0.598. The van der Waals surface area contributed by atoms with E-state index < -0.39 is 11.9 Å². The van der Waals surface area contributed by atoms with E-state index in [-0.39, 0.29) is 34.7 Å². The zero-order valence-electron chi connectivity index (χ0n) is 15.7.